The predicted octanol–water partition coefficient (Wildman–Crippen LogP) is 1.28. The van der Waals surface area contributed by atoms with Gasteiger partial charge < -0.3 is 20.7 Å². The van der Waals surface area contributed by atoms with Crippen LogP contribution in [-0.2, 0) is 11.3 Å². The molecule has 1 saturated heterocycles. The Balaban J connectivity index is 0.00000280. The van der Waals surface area contributed by atoms with Crippen molar-refractivity contribution in [2.75, 3.05) is 26.7 Å². The molecular formula is C19H26ClN5O3. The van der Waals surface area contributed by atoms with Crippen molar-refractivity contribution in [3.63, 3.8) is 0 Å². The molecule has 3 rings (SSSR count). The van der Waals surface area contributed by atoms with Crippen molar-refractivity contribution in [3.8, 4) is 5.75 Å². The number of aromatic nitrogens is 2. The van der Waals surface area contributed by atoms with Gasteiger partial charge >= 0.3 is 0 Å². The summed E-state index contributed by atoms with van der Waals surface area (Å²) in [5.74, 6) is 0.160. The first kappa shape index (κ1) is 21.7. The molecule has 1 aromatic heterocycles. The molecule has 0 spiro atoms. The standard InChI is InChI=1S/C19H25N5O3.ClH/c1-27-16-6-4-14(5-7-16)11-21-18(25)13-22-19(26)17-8-10-24(23-17)15-3-2-9-20-12-15;/h4-8,10,15,20H,2-3,9,11-13H2,1H3,(H,21,25)(H,22,26);1H. The Bertz CT molecular complexity index is 772. The number of halogens is 1. The number of carbonyl (C=O) groups is 2. The molecule has 9 heteroatoms. The molecule has 1 unspecified atom stereocenters. The highest BCUT2D eigenvalue weighted by Gasteiger charge is 2.18. The van der Waals surface area contributed by atoms with Crippen LogP contribution in [0.4, 0.5) is 0 Å². The van der Waals surface area contributed by atoms with E-state index in [4.69, 9.17) is 4.74 Å². The van der Waals surface area contributed by atoms with Crippen LogP contribution in [0.2, 0.25) is 0 Å². The van der Waals surface area contributed by atoms with Gasteiger partial charge in [0.1, 0.15) is 11.4 Å². The summed E-state index contributed by atoms with van der Waals surface area (Å²) in [4.78, 5) is 24.1. The van der Waals surface area contributed by atoms with E-state index in [9.17, 15) is 9.59 Å². The molecule has 1 fully saturated rings. The quantitative estimate of drug-likeness (QED) is 0.642. The van der Waals surface area contributed by atoms with Gasteiger partial charge in [0, 0.05) is 19.3 Å². The fourth-order valence-corrected chi connectivity index (χ4v) is 2.98. The molecule has 3 N–H and O–H groups in total. The highest BCUT2D eigenvalue weighted by atomic mass is 35.5. The highest BCUT2D eigenvalue weighted by Crippen LogP contribution is 2.15. The molecule has 0 saturated carbocycles. The molecular weight excluding hydrogens is 382 g/mol. The summed E-state index contributed by atoms with van der Waals surface area (Å²) in [6.45, 7) is 2.18. The minimum atomic E-state index is -0.350. The molecule has 1 aliphatic heterocycles. The molecule has 2 aromatic rings. The number of amides is 2. The van der Waals surface area contributed by atoms with Gasteiger partial charge in [-0.05, 0) is 43.1 Å². The summed E-state index contributed by atoms with van der Waals surface area (Å²) in [6, 6.07) is 9.38. The minimum Gasteiger partial charge on any atom is -0.497 e. The van der Waals surface area contributed by atoms with Crippen molar-refractivity contribution in [3.05, 3.63) is 47.8 Å². The van der Waals surface area contributed by atoms with Crippen LogP contribution in [0.5, 0.6) is 5.75 Å². The molecule has 2 amide bonds. The summed E-state index contributed by atoms with van der Waals surface area (Å²) >= 11 is 0. The number of benzene rings is 1. The van der Waals surface area contributed by atoms with Gasteiger partial charge in [0.05, 0.1) is 19.7 Å². The molecule has 0 bridgehead atoms. The lowest BCUT2D eigenvalue weighted by atomic mass is 10.1. The van der Waals surface area contributed by atoms with Crippen molar-refractivity contribution >= 4 is 24.2 Å². The maximum Gasteiger partial charge on any atom is 0.272 e. The second kappa shape index (κ2) is 10.7. The number of piperidine rings is 1. The van der Waals surface area contributed by atoms with Gasteiger partial charge in [0.2, 0.25) is 5.91 Å². The second-order valence-electron chi connectivity index (χ2n) is 6.49. The summed E-state index contributed by atoms with van der Waals surface area (Å²) < 4.78 is 6.92. The number of hydrogen-bond acceptors (Lipinski definition) is 5. The fraction of sp³-hybridized carbons (Fsp3) is 0.421. The van der Waals surface area contributed by atoms with E-state index in [1.54, 1.807) is 13.2 Å². The van der Waals surface area contributed by atoms with E-state index in [2.05, 4.69) is 21.0 Å². The zero-order valence-corrected chi connectivity index (χ0v) is 16.6. The number of rotatable bonds is 7. The number of carbonyl (C=O) groups excluding carboxylic acids is 2. The molecule has 1 atom stereocenters. The summed E-state index contributed by atoms with van der Waals surface area (Å²) in [5, 5.41) is 13.0. The zero-order valence-electron chi connectivity index (χ0n) is 15.8. The minimum absolute atomic E-state index is 0. The first-order valence-electron chi connectivity index (χ1n) is 9.09. The lowest BCUT2D eigenvalue weighted by Gasteiger charge is -2.22. The molecule has 2 heterocycles. The van der Waals surface area contributed by atoms with Crippen LogP contribution in [0.25, 0.3) is 0 Å². The fourth-order valence-electron chi connectivity index (χ4n) is 2.98. The average molecular weight is 408 g/mol. The predicted molar refractivity (Wildman–Crippen MR) is 108 cm³/mol. The van der Waals surface area contributed by atoms with Gasteiger partial charge in [-0.3, -0.25) is 14.3 Å². The number of ether oxygens (including phenoxy) is 1. The van der Waals surface area contributed by atoms with Gasteiger partial charge in [-0.1, -0.05) is 12.1 Å². The van der Waals surface area contributed by atoms with E-state index < -0.39 is 0 Å². The Morgan fingerprint density at radius 2 is 2.04 bits per heavy atom. The molecule has 0 radical (unpaired) electrons. The van der Waals surface area contributed by atoms with E-state index in [1.165, 1.54) is 0 Å². The van der Waals surface area contributed by atoms with Gasteiger partial charge in [-0.2, -0.15) is 5.10 Å². The lowest BCUT2D eigenvalue weighted by Crippen LogP contribution is -2.37. The van der Waals surface area contributed by atoms with Crippen molar-refractivity contribution in [1.82, 2.24) is 25.7 Å². The SMILES string of the molecule is COc1ccc(CNC(=O)CNC(=O)c2ccn(C3CCCNC3)n2)cc1.Cl. The van der Waals surface area contributed by atoms with Crippen LogP contribution in [-0.4, -0.2) is 48.3 Å². The largest absolute Gasteiger partial charge is 0.497 e. The Morgan fingerprint density at radius 3 is 2.71 bits per heavy atom. The van der Waals surface area contributed by atoms with E-state index in [0.29, 0.717) is 12.2 Å². The third-order valence-corrected chi connectivity index (χ3v) is 4.54. The van der Waals surface area contributed by atoms with Crippen molar-refractivity contribution < 1.29 is 14.3 Å². The van der Waals surface area contributed by atoms with E-state index >= 15 is 0 Å². The van der Waals surface area contributed by atoms with Crippen LogP contribution in [0.1, 0.15) is 34.9 Å². The van der Waals surface area contributed by atoms with E-state index in [0.717, 1.165) is 37.2 Å². The van der Waals surface area contributed by atoms with Crippen molar-refractivity contribution in [2.24, 2.45) is 0 Å². The first-order valence-corrected chi connectivity index (χ1v) is 9.09. The lowest BCUT2D eigenvalue weighted by molar-refractivity contribution is -0.120. The van der Waals surface area contributed by atoms with Crippen LogP contribution < -0.4 is 20.7 Å². The summed E-state index contributed by atoms with van der Waals surface area (Å²) in [5.41, 5.74) is 1.28. The number of nitrogens with one attached hydrogen (secondary N) is 3. The number of hydrogen-bond donors (Lipinski definition) is 3. The molecule has 8 nitrogen and oxygen atoms in total. The topological polar surface area (TPSA) is 97.3 Å². The van der Waals surface area contributed by atoms with Crippen LogP contribution in [0, 0.1) is 0 Å². The molecule has 152 valence electrons. The van der Waals surface area contributed by atoms with Gasteiger partial charge in [0.25, 0.3) is 5.91 Å². The number of nitrogens with zero attached hydrogens (tertiary/aromatic N) is 2. The number of methoxy groups -OCH3 is 1. The van der Waals surface area contributed by atoms with Gasteiger partial charge in [-0.25, -0.2) is 0 Å². The Morgan fingerprint density at radius 1 is 1.25 bits per heavy atom. The second-order valence-corrected chi connectivity index (χ2v) is 6.49. The molecule has 28 heavy (non-hydrogen) atoms. The molecule has 1 aromatic carbocycles. The van der Waals surface area contributed by atoms with Crippen LogP contribution >= 0.6 is 12.4 Å². The zero-order chi connectivity index (χ0) is 19.1. The van der Waals surface area contributed by atoms with E-state index in [-0.39, 0.29) is 36.8 Å². The maximum absolute atomic E-state index is 12.2. The van der Waals surface area contributed by atoms with Crippen LogP contribution in [0.3, 0.4) is 0 Å². The average Bonchev–Trinajstić information content (AvgIpc) is 3.22. The smallest absolute Gasteiger partial charge is 0.272 e. The van der Waals surface area contributed by atoms with Gasteiger partial charge in [-0.15, -0.1) is 12.4 Å². The first-order chi connectivity index (χ1) is 13.2. The molecule has 0 aliphatic carbocycles. The van der Waals surface area contributed by atoms with Crippen molar-refractivity contribution in [2.45, 2.75) is 25.4 Å². The Labute approximate surface area is 170 Å². The Kier molecular flexibility index (Phi) is 8.28. The third-order valence-electron chi connectivity index (χ3n) is 4.54. The normalized spacial score (nSPS) is 16.0. The van der Waals surface area contributed by atoms with Gasteiger partial charge in [0.15, 0.2) is 0 Å². The maximum atomic E-state index is 12.2. The highest BCUT2D eigenvalue weighted by molar-refractivity contribution is 5.94. The monoisotopic (exact) mass is 407 g/mol. The summed E-state index contributed by atoms with van der Waals surface area (Å²) in [7, 11) is 1.61. The summed E-state index contributed by atoms with van der Waals surface area (Å²) in [6.07, 6.45) is 3.96. The van der Waals surface area contributed by atoms with Crippen molar-refractivity contribution in [1.29, 1.82) is 0 Å². The van der Waals surface area contributed by atoms with Crippen LogP contribution in [0.15, 0.2) is 36.5 Å². The third kappa shape index (κ3) is 5.97. The van der Waals surface area contributed by atoms with E-state index in [1.807, 2.05) is 35.1 Å². The molecule has 1 aliphatic rings. The Hall–Kier alpha value is -2.58.